The summed E-state index contributed by atoms with van der Waals surface area (Å²) >= 11 is 1.69. The van der Waals surface area contributed by atoms with Gasteiger partial charge >= 0.3 is 0 Å². The summed E-state index contributed by atoms with van der Waals surface area (Å²) in [7, 11) is 0. The van der Waals surface area contributed by atoms with Crippen molar-refractivity contribution in [3.05, 3.63) is 29.3 Å². The molecule has 1 aliphatic heterocycles. The second kappa shape index (κ2) is 7.20. The number of rotatable bonds is 5. The van der Waals surface area contributed by atoms with E-state index in [2.05, 4.69) is 23.3 Å². The number of benzene rings is 1. The minimum absolute atomic E-state index is 0.171. The fourth-order valence-electron chi connectivity index (χ4n) is 3.07. The number of aryl methyl sites for hydroxylation is 1. The molecule has 0 radical (unpaired) electrons. The fraction of sp³-hybridized carbons (Fsp3) is 0.529. The molecular weight excluding hydrogens is 294 g/mol. The molecule has 0 spiro atoms. The van der Waals surface area contributed by atoms with Gasteiger partial charge in [-0.2, -0.15) is 0 Å². The van der Waals surface area contributed by atoms with Crippen LogP contribution in [-0.2, 0) is 11.2 Å². The Morgan fingerprint density at radius 3 is 2.86 bits per heavy atom. The van der Waals surface area contributed by atoms with Crippen molar-refractivity contribution in [2.75, 3.05) is 19.6 Å². The van der Waals surface area contributed by atoms with Crippen LogP contribution in [0.5, 0.6) is 0 Å². The molecule has 1 amide bonds. The predicted octanol–water partition coefficient (Wildman–Crippen LogP) is 1.41. The monoisotopic (exact) mass is 318 g/mol. The van der Waals surface area contributed by atoms with Gasteiger partial charge in [-0.15, -0.1) is 11.3 Å². The number of hydrogen-bond acceptors (Lipinski definition) is 3. The van der Waals surface area contributed by atoms with Crippen LogP contribution in [0.4, 0.5) is 0 Å². The van der Waals surface area contributed by atoms with Gasteiger partial charge in [-0.3, -0.25) is 4.79 Å². The lowest BCUT2D eigenvalue weighted by molar-refractivity contribution is -0.903. The van der Waals surface area contributed by atoms with E-state index < -0.39 is 0 Å². The number of carbonyl (C=O) groups is 1. The van der Waals surface area contributed by atoms with E-state index in [1.807, 2.05) is 18.2 Å². The maximum absolute atomic E-state index is 12.1. The largest absolute Gasteiger partial charge is 0.353 e. The van der Waals surface area contributed by atoms with E-state index >= 15 is 0 Å². The molecular formula is C17H24N3OS+. The number of carbonyl (C=O) groups excluding carboxylic acids is 1. The highest BCUT2D eigenvalue weighted by atomic mass is 32.1. The summed E-state index contributed by atoms with van der Waals surface area (Å²) in [6.07, 6.45) is 3.50. The molecule has 3 rings (SSSR count). The molecule has 2 aromatic rings. The van der Waals surface area contributed by atoms with Crippen LogP contribution in [0.1, 0.15) is 31.2 Å². The lowest BCUT2D eigenvalue weighted by atomic mass is 10.0. The molecule has 0 aliphatic carbocycles. The van der Waals surface area contributed by atoms with Crippen molar-refractivity contribution in [1.29, 1.82) is 0 Å². The van der Waals surface area contributed by atoms with Gasteiger partial charge in [-0.25, -0.2) is 4.98 Å². The Labute approximate surface area is 135 Å². The van der Waals surface area contributed by atoms with Crippen molar-refractivity contribution in [2.24, 2.45) is 0 Å². The Bertz CT molecular complexity index is 599. The van der Waals surface area contributed by atoms with Crippen molar-refractivity contribution in [1.82, 2.24) is 10.3 Å². The van der Waals surface area contributed by atoms with Gasteiger partial charge in [0.1, 0.15) is 0 Å². The van der Waals surface area contributed by atoms with Crippen molar-refractivity contribution in [3.8, 4) is 0 Å². The number of amides is 1. The Kier molecular flexibility index (Phi) is 5.05. The third-order valence-electron chi connectivity index (χ3n) is 4.46. The van der Waals surface area contributed by atoms with Gasteiger partial charge in [0.25, 0.3) is 0 Å². The minimum atomic E-state index is 0.171. The molecule has 2 N–H and O–H groups in total. The molecule has 1 saturated heterocycles. The Morgan fingerprint density at radius 2 is 2.14 bits per heavy atom. The first kappa shape index (κ1) is 15.4. The van der Waals surface area contributed by atoms with Crippen LogP contribution in [0.2, 0.25) is 0 Å². The maximum atomic E-state index is 12.1. The summed E-state index contributed by atoms with van der Waals surface area (Å²) in [5.74, 6) is 0.171. The minimum Gasteiger partial charge on any atom is -0.353 e. The third-order valence-corrected chi connectivity index (χ3v) is 5.56. The highest BCUT2D eigenvalue weighted by molar-refractivity contribution is 7.18. The van der Waals surface area contributed by atoms with Gasteiger partial charge in [-0.05, 0) is 19.1 Å². The van der Waals surface area contributed by atoms with Gasteiger partial charge in [0, 0.05) is 31.7 Å². The summed E-state index contributed by atoms with van der Waals surface area (Å²) in [5, 5.41) is 4.25. The molecule has 0 unspecified atom stereocenters. The van der Waals surface area contributed by atoms with Gasteiger partial charge in [0.2, 0.25) is 5.91 Å². The first-order valence-corrected chi connectivity index (χ1v) is 9.03. The first-order valence-electron chi connectivity index (χ1n) is 8.22. The average molecular weight is 318 g/mol. The molecule has 0 atom stereocenters. The summed E-state index contributed by atoms with van der Waals surface area (Å²) in [5.41, 5.74) is 1.04. The van der Waals surface area contributed by atoms with E-state index in [1.54, 1.807) is 16.2 Å². The second-order valence-corrected chi connectivity index (χ2v) is 7.14. The van der Waals surface area contributed by atoms with Crippen LogP contribution < -0.4 is 10.2 Å². The predicted molar refractivity (Wildman–Crippen MR) is 90.3 cm³/mol. The summed E-state index contributed by atoms with van der Waals surface area (Å²) in [4.78, 5) is 18.4. The lowest BCUT2D eigenvalue weighted by Gasteiger charge is -2.28. The quantitative estimate of drug-likeness (QED) is 0.876. The zero-order chi connectivity index (χ0) is 15.4. The molecule has 118 valence electrons. The van der Waals surface area contributed by atoms with Crippen LogP contribution in [0.15, 0.2) is 24.3 Å². The number of likely N-dealkylation sites (tertiary alicyclic amines) is 1. The Morgan fingerprint density at radius 1 is 1.36 bits per heavy atom. The molecule has 1 aromatic carbocycles. The summed E-state index contributed by atoms with van der Waals surface area (Å²) in [6.45, 7) is 5.78. The van der Waals surface area contributed by atoms with E-state index in [-0.39, 0.29) is 5.91 Å². The topological polar surface area (TPSA) is 46.4 Å². The number of nitrogens with one attached hydrogen (secondary N) is 2. The number of hydrogen-bond donors (Lipinski definition) is 2. The first-order chi connectivity index (χ1) is 10.7. The zero-order valence-electron chi connectivity index (χ0n) is 13.1. The molecule has 0 bridgehead atoms. The van der Waals surface area contributed by atoms with Crippen LogP contribution in [0.25, 0.3) is 10.2 Å². The van der Waals surface area contributed by atoms with Gasteiger partial charge in [0.05, 0.1) is 34.9 Å². The number of para-hydroxylation sites is 1. The molecule has 2 heterocycles. The van der Waals surface area contributed by atoms with Gasteiger partial charge in [0.15, 0.2) is 0 Å². The van der Waals surface area contributed by atoms with Crippen LogP contribution in [0.3, 0.4) is 0 Å². The second-order valence-electron chi connectivity index (χ2n) is 6.02. The molecule has 1 fully saturated rings. The smallest absolute Gasteiger partial charge is 0.220 e. The number of thiazole rings is 1. The van der Waals surface area contributed by atoms with Crippen molar-refractivity contribution in [2.45, 2.75) is 38.6 Å². The van der Waals surface area contributed by atoms with E-state index in [4.69, 9.17) is 0 Å². The number of quaternary nitrogens is 1. The molecule has 22 heavy (non-hydrogen) atoms. The number of nitrogens with zero attached hydrogens (tertiary/aromatic N) is 1. The van der Waals surface area contributed by atoms with Crippen LogP contribution in [-0.4, -0.2) is 36.6 Å². The van der Waals surface area contributed by atoms with Crippen LogP contribution >= 0.6 is 11.3 Å². The standard InChI is InChI=1S/C17H23N3OS/c1-2-20-11-9-13(10-12-20)18-16(21)7-8-17-19-14-5-3-4-6-15(14)22-17/h3-6,13H,2,7-12H2,1H3,(H,18,21)/p+1. The summed E-state index contributed by atoms with van der Waals surface area (Å²) < 4.78 is 1.20. The highest BCUT2D eigenvalue weighted by Gasteiger charge is 2.22. The third kappa shape index (κ3) is 3.84. The summed E-state index contributed by atoms with van der Waals surface area (Å²) in [6, 6.07) is 8.52. The zero-order valence-corrected chi connectivity index (χ0v) is 13.9. The number of aromatic nitrogens is 1. The highest BCUT2D eigenvalue weighted by Crippen LogP contribution is 2.22. The molecule has 0 saturated carbocycles. The molecule has 5 heteroatoms. The average Bonchev–Trinajstić information content (AvgIpc) is 2.96. The van der Waals surface area contributed by atoms with Crippen LogP contribution in [0, 0.1) is 0 Å². The van der Waals surface area contributed by atoms with Gasteiger partial charge in [-0.1, -0.05) is 12.1 Å². The molecule has 1 aromatic heterocycles. The SMILES string of the molecule is CC[NH+]1CCC(NC(=O)CCc2nc3ccccc3s2)CC1. The fourth-order valence-corrected chi connectivity index (χ4v) is 4.04. The lowest BCUT2D eigenvalue weighted by Crippen LogP contribution is -3.13. The number of piperidine rings is 1. The number of fused-ring (bicyclic) bond motifs is 1. The van der Waals surface area contributed by atoms with E-state index in [1.165, 1.54) is 24.3 Å². The van der Waals surface area contributed by atoms with Gasteiger partial charge < -0.3 is 10.2 Å². The Hall–Kier alpha value is -1.46. The van der Waals surface area contributed by atoms with Crippen molar-refractivity contribution in [3.63, 3.8) is 0 Å². The van der Waals surface area contributed by atoms with E-state index in [9.17, 15) is 4.79 Å². The van der Waals surface area contributed by atoms with Crippen molar-refractivity contribution >= 4 is 27.5 Å². The molecule has 1 aliphatic rings. The molecule has 4 nitrogen and oxygen atoms in total. The van der Waals surface area contributed by atoms with Crippen molar-refractivity contribution < 1.29 is 9.69 Å². The normalized spacial score (nSPS) is 21.9. The van der Waals surface area contributed by atoms with E-state index in [0.29, 0.717) is 12.5 Å². The maximum Gasteiger partial charge on any atom is 0.220 e. The Balaban J connectivity index is 1.46. The van der Waals surface area contributed by atoms with E-state index in [0.717, 1.165) is 29.8 Å².